The Labute approximate surface area is 143 Å². The second-order valence-electron chi connectivity index (χ2n) is 5.96. The van der Waals surface area contributed by atoms with E-state index in [1.807, 2.05) is 31.2 Å². The first kappa shape index (κ1) is 15.3. The first-order valence-corrected chi connectivity index (χ1v) is 8.04. The first-order valence-electron chi connectivity index (χ1n) is 8.04. The predicted molar refractivity (Wildman–Crippen MR) is 93.4 cm³/mol. The Bertz CT molecular complexity index is 1120. The monoisotopic (exact) mass is 333 g/mol. The van der Waals surface area contributed by atoms with E-state index >= 15 is 0 Å². The van der Waals surface area contributed by atoms with Gasteiger partial charge in [0.15, 0.2) is 11.6 Å². The summed E-state index contributed by atoms with van der Waals surface area (Å²) in [5.41, 5.74) is 2.02. The third kappa shape index (κ3) is 2.05. The molecule has 0 bridgehead atoms. The Hall–Kier alpha value is -3.21. The second kappa shape index (κ2) is 5.41. The molecule has 0 atom stereocenters. The quantitative estimate of drug-likeness (QED) is 0.673. The number of rotatable bonds is 2. The predicted octanol–water partition coefficient (Wildman–Crippen LogP) is 3.51. The molecule has 5 heteroatoms. The van der Waals surface area contributed by atoms with Crippen molar-refractivity contribution < 1.29 is 19.1 Å². The minimum absolute atomic E-state index is 0.114. The zero-order valence-corrected chi connectivity index (χ0v) is 13.8. The van der Waals surface area contributed by atoms with Crippen molar-refractivity contribution in [1.82, 2.24) is 4.40 Å². The number of fused-ring (bicyclic) bond motifs is 5. The van der Waals surface area contributed by atoms with E-state index in [4.69, 9.17) is 4.74 Å². The van der Waals surface area contributed by atoms with Crippen molar-refractivity contribution in [3.05, 3.63) is 65.0 Å². The number of aromatic nitrogens is 1. The summed E-state index contributed by atoms with van der Waals surface area (Å²) < 4.78 is 6.78. The van der Waals surface area contributed by atoms with Gasteiger partial charge in [0.25, 0.3) is 0 Å². The average molecular weight is 333 g/mol. The van der Waals surface area contributed by atoms with Gasteiger partial charge in [0.2, 0.25) is 0 Å². The number of carbonyl (C=O) groups is 3. The Balaban J connectivity index is 2.26. The van der Waals surface area contributed by atoms with Crippen LogP contribution in [0.3, 0.4) is 0 Å². The Morgan fingerprint density at radius 1 is 1.04 bits per heavy atom. The van der Waals surface area contributed by atoms with E-state index in [2.05, 4.69) is 0 Å². The molecule has 0 radical (unpaired) electrons. The zero-order valence-electron chi connectivity index (χ0n) is 13.8. The second-order valence-corrected chi connectivity index (χ2v) is 5.96. The lowest BCUT2D eigenvalue weighted by Gasteiger charge is -2.09. The van der Waals surface area contributed by atoms with Crippen LogP contribution in [0.2, 0.25) is 0 Å². The molecule has 0 unspecified atom stereocenters. The lowest BCUT2D eigenvalue weighted by molar-refractivity contribution is 0.0515. The molecular formula is C20H15NO4. The summed E-state index contributed by atoms with van der Waals surface area (Å²) in [5, 5.41) is 1.80. The fourth-order valence-electron chi connectivity index (χ4n) is 3.48. The van der Waals surface area contributed by atoms with Gasteiger partial charge in [0.05, 0.1) is 23.3 Å². The largest absolute Gasteiger partial charge is 0.461 e. The molecule has 1 aromatic carbocycles. The summed E-state index contributed by atoms with van der Waals surface area (Å²) in [6, 6.07) is 7.64. The van der Waals surface area contributed by atoms with Crippen LogP contribution in [0.25, 0.3) is 16.3 Å². The summed E-state index contributed by atoms with van der Waals surface area (Å²) in [6.07, 6.45) is 4.25. The van der Waals surface area contributed by atoms with Gasteiger partial charge in [-0.15, -0.1) is 0 Å². The van der Waals surface area contributed by atoms with Crippen LogP contribution in [0.15, 0.2) is 42.6 Å². The smallest absolute Gasteiger partial charge is 0.356 e. The summed E-state index contributed by atoms with van der Waals surface area (Å²) in [4.78, 5) is 37.6. The highest BCUT2D eigenvalue weighted by atomic mass is 16.5. The van der Waals surface area contributed by atoms with Crippen LogP contribution in [-0.4, -0.2) is 28.5 Å². The summed E-state index contributed by atoms with van der Waals surface area (Å²) in [6.45, 7) is 3.82. The third-order valence-corrected chi connectivity index (χ3v) is 4.48. The molecule has 1 aliphatic carbocycles. The molecule has 1 aliphatic rings. The molecule has 25 heavy (non-hydrogen) atoms. The van der Waals surface area contributed by atoms with Crippen LogP contribution in [0, 0.1) is 6.92 Å². The van der Waals surface area contributed by atoms with E-state index < -0.39 is 5.97 Å². The Morgan fingerprint density at radius 2 is 1.68 bits per heavy atom. The van der Waals surface area contributed by atoms with Crippen LogP contribution in [-0.2, 0) is 4.74 Å². The maximum atomic E-state index is 12.6. The van der Waals surface area contributed by atoms with Gasteiger partial charge < -0.3 is 9.14 Å². The lowest BCUT2D eigenvalue weighted by atomic mass is 9.94. The van der Waals surface area contributed by atoms with E-state index in [1.165, 1.54) is 12.2 Å². The molecule has 2 heterocycles. The maximum absolute atomic E-state index is 12.6. The van der Waals surface area contributed by atoms with Crippen molar-refractivity contribution in [2.75, 3.05) is 6.61 Å². The van der Waals surface area contributed by atoms with E-state index in [0.717, 1.165) is 16.3 Å². The van der Waals surface area contributed by atoms with Crippen LogP contribution in [0.5, 0.6) is 0 Å². The van der Waals surface area contributed by atoms with Crippen LogP contribution >= 0.6 is 0 Å². The topological polar surface area (TPSA) is 64.8 Å². The fourth-order valence-corrected chi connectivity index (χ4v) is 3.48. The van der Waals surface area contributed by atoms with Gasteiger partial charge in [-0.05, 0) is 36.9 Å². The molecular weight excluding hydrogens is 318 g/mol. The highest BCUT2D eigenvalue weighted by Crippen LogP contribution is 2.34. The summed E-state index contributed by atoms with van der Waals surface area (Å²) in [7, 11) is 0. The summed E-state index contributed by atoms with van der Waals surface area (Å²) in [5.74, 6) is -1.25. The Kier molecular flexibility index (Phi) is 3.32. The number of benzene rings is 1. The van der Waals surface area contributed by atoms with E-state index in [1.54, 1.807) is 17.5 Å². The van der Waals surface area contributed by atoms with Crippen molar-refractivity contribution in [2.45, 2.75) is 13.8 Å². The number of nitrogens with zero attached hydrogens (tertiary/aromatic N) is 1. The molecule has 0 amide bonds. The van der Waals surface area contributed by atoms with Crippen molar-refractivity contribution in [2.24, 2.45) is 0 Å². The zero-order chi connectivity index (χ0) is 17.7. The van der Waals surface area contributed by atoms with E-state index in [0.29, 0.717) is 5.52 Å². The van der Waals surface area contributed by atoms with Gasteiger partial charge in [-0.2, -0.15) is 0 Å². The number of hydrogen-bond donors (Lipinski definition) is 0. The van der Waals surface area contributed by atoms with Gasteiger partial charge >= 0.3 is 5.97 Å². The SMILES string of the molecule is CCOC(=O)c1c2c(c3c4ccccc4c(C)cn13)C(=O)C=CC2=O. The molecule has 3 aromatic rings. The molecule has 0 saturated heterocycles. The van der Waals surface area contributed by atoms with Crippen molar-refractivity contribution in [3.63, 3.8) is 0 Å². The fraction of sp³-hybridized carbons (Fsp3) is 0.150. The number of hydrogen-bond acceptors (Lipinski definition) is 4. The molecule has 0 N–H and O–H groups in total. The van der Waals surface area contributed by atoms with E-state index in [-0.39, 0.29) is 35.0 Å². The van der Waals surface area contributed by atoms with Crippen molar-refractivity contribution in [1.29, 1.82) is 0 Å². The molecule has 4 rings (SSSR count). The highest BCUT2D eigenvalue weighted by molar-refractivity contribution is 6.30. The summed E-state index contributed by atoms with van der Waals surface area (Å²) >= 11 is 0. The van der Waals surface area contributed by atoms with Crippen LogP contribution < -0.4 is 0 Å². The van der Waals surface area contributed by atoms with E-state index in [9.17, 15) is 14.4 Å². The van der Waals surface area contributed by atoms with Gasteiger partial charge in [-0.25, -0.2) is 4.79 Å². The maximum Gasteiger partial charge on any atom is 0.356 e. The number of carbonyl (C=O) groups excluding carboxylic acids is 3. The molecule has 0 fully saturated rings. The standard InChI is InChI=1S/C20H15NO4/c1-3-25-20(24)19-17-15(23)9-8-14(22)16(17)18-13-7-5-4-6-12(13)11(2)10-21(18)19/h4-10H,3H2,1-2H3. The normalized spacial score (nSPS) is 13.5. The minimum Gasteiger partial charge on any atom is -0.461 e. The Morgan fingerprint density at radius 3 is 2.36 bits per heavy atom. The van der Waals surface area contributed by atoms with Crippen molar-refractivity contribution >= 4 is 33.8 Å². The minimum atomic E-state index is -0.607. The first-order chi connectivity index (χ1) is 12.0. The number of allylic oxidation sites excluding steroid dienone is 2. The highest BCUT2D eigenvalue weighted by Gasteiger charge is 2.33. The number of ketones is 2. The molecule has 124 valence electrons. The molecule has 0 spiro atoms. The van der Waals surface area contributed by atoms with Crippen LogP contribution in [0.1, 0.15) is 43.7 Å². The third-order valence-electron chi connectivity index (χ3n) is 4.48. The van der Waals surface area contributed by atoms with Crippen molar-refractivity contribution in [3.8, 4) is 0 Å². The van der Waals surface area contributed by atoms with Gasteiger partial charge in [-0.1, -0.05) is 24.3 Å². The van der Waals surface area contributed by atoms with Gasteiger partial charge in [0, 0.05) is 11.6 Å². The van der Waals surface area contributed by atoms with Gasteiger partial charge in [0.1, 0.15) is 5.69 Å². The lowest BCUT2D eigenvalue weighted by Crippen LogP contribution is -2.16. The molecule has 2 aromatic heterocycles. The number of ether oxygens (including phenoxy) is 1. The number of aryl methyl sites for hydroxylation is 1. The number of esters is 1. The molecule has 0 aliphatic heterocycles. The molecule has 0 saturated carbocycles. The average Bonchev–Trinajstić information content (AvgIpc) is 2.95. The molecule has 5 nitrogen and oxygen atoms in total. The van der Waals surface area contributed by atoms with Crippen LogP contribution in [0.4, 0.5) is 0 Å². The number of pyridine rings is 1. The van der Waals surface area contributed by atoms with Gasteiger partial charge in [-0.3, -0.25) is 9.59 Å².